The molecule has 1 spiro atoms. The summed E-state index contributed by atoms with van der Waals surface area (Å²) in [5.74, 6) is 0.00151. The van der Waals surface area contributed by atoms with E-state index in [4.69, 9.17) is 0 Å². The van der Waals surface area contributed by atoms with E-state index in [1.54, 1.807) is 12.1 Å². The normalized spacial score (nSPS) is 26.4. The van der Waals surface area contributed by atoms with Gasteiger partial charge in [-0.3, -0.25) is 4.79 Å². The number of hydrogen-bond acceptors (Lipinski definition) is 2. The number of benzene rings is 1. The molecule has 22 heavy (non-hydrogen) atoms. The van der Waals surface area contributed by atoms with Crippen LogP contribution in [0, 0.1) is 5.82 Å². The molecule has 1 N–H and O–H groups in total. The zero-order valence-electron chi connectivity index (χ0n) is 12.9. The van der Waals surface area contributed by atoms with Gasteiger partial charge in [0.05, 0.1) is 11.7 Å². The van der Waals surface area contributed by atoms with E-state index < -0.39 is 0 Å². The molecule has 2 fully saturated rings. The smallest absolute Gasteiger partial charge is 0.244 e. The molecule has 0 aromatic heterocycles. The molecule has 3 nitrogen and oxygen atoms in total. The molecule has 1 aromatic rings. The number of nitrogens with zero attached hydrogens (tertiary/aromatic N) is 1. The Balaban J connectivity index is 1.70. The van der Waals surface area contributed by atoms with Crippen LogP contribution in [-0.2, 0) is 10.2 Å². The first-order valence-corrected chi connectivity index (χ1v) is 8.55. The summed E-state index contributed by atoms with van der Waals surface area (Å²) in [6.45, 7) is 1.58. The molecule has 2 aliphatic heterocycles. The van der Waals surface area contributed by atoms with Crippen molar-refractivity contribution >= 4 is 11.6 Å². The van der Waals surface area contributed by atoms with E-state index in [1.807, 2.05) is 11.0 Å². The number of halogens is 1. The van der Waals surface area contributed by atoms with Gasteiger partial charge in [0.2, 0.25) is 5.91 Å². The summed E-state index contributed by atoms with van der Waals surface area (Å²) in [6, 6.07) is 5.11. The van der Waals surface area contributed by atoms with Crippen LogP contribution in [0.25, 0.3) is 0 Å². The molecule has 2 heterocycles. The lowest BCUT2D eigenvalue weighted by atomic mass is 9.80. The Kier molecular flexibility index (Phi) is 3.44. The third kappa shape index (κ3) is 2.08. The highest BCUT2D eigenvalue weighted by molar-refractivity contribution is 5.99. The van der Waals surface area contributed by atoms with E-state index in [9.17, 15) is 9.18 Å². The topological polar surface area (TPSA) is 32.3 Å². The molecule has 1 amide bonds. The molecule has 3 aliphatic rings. The van der Waals surface area contributed by atoms with E-state index in [0.717, 1.165) is 62.7 Å². The molecule has 0 radical (unpaired) electrons. The first kappa shape index (κ1) is 14.2. The van der Waals surface area contributed by atoms with Crippen molar-refractivity contribution in [1.82, 2.24) is 5.32 Å². The van der Waals surface area contributed by atoms with E-state index >= 15 is 0 Å². The Morgan fingerprint density at radius 1 is 1.23 bits per heavy atom. The molecular formula is C18H23FN2O. The summed E-state index contributed by atoms with van der Waals surface area (Å²) in [5.41, 5.74) is 1.49. The van der Waals surface area contributed by atoms with E-state index in [0.29, 0.717) is 6.54 Å². The maximum Gasteiger partial charge on any atom is 0.244 e. The SMILES string of the molecule is O=C(C1CCCCN1)N1CC2(CCCC2)c2c(F)cccc21. The Hall–Kier alpha value is -1.42. The molecule has 0 bridgehead atoms. The largest absolute Gasteiger partial charge is 0.310 e. The highest BCUT2D eigenvalue weighted by Crippen LogP contribution is 2.51. The van der Waals surface area contributed by atoms with Gasteiger partial charge in [-0.1, -0.05) is 25.3 Å². The van der Waals surface area contributed by atoms with Gasteiger partial charge in [0.1, 0.15) is 5.82 Å². The number of piperidine rings is 1. The number of anilines is 1. The third-order valence-corrected chi connectivity index (χ3v) is 5.71. The first-order chi connectivity index (χ1) is 10.7. The molecule has 1 saturated carbocycles. The Bertz CT molecular complexity index is 589. The molecular weight excluding hydrogens is 279 g/mol. The van der Waals surface area contributed by atoms with Crippen LogP contribution in [0.15, 0.2) is 18.2 Å². The van der Waals surface area contributed by atoms with Crippen LogP contribution in [0.5, 0.6) is 0 Å². The average molecular weight is 302 g/mol. The molecule has 4 rings (SSSR count). The quantitative estimate of drug-likeness (QED) is 0.864. The van der Waals surface area contributed by atoms with Gasteiger partial charge >= 0.3 is 0 Å². The van der Waals surface area contributed by atoms with Crippen molar-refractivity contribution in [2.24, 2.45) is 0 Å². The lowest BCUT2D eigenvalue weighted by Crippen LogP contribution is -2.49. The van der Waals surface area contributed by atoms with Crippen molar-refractivity contribution < 1.29 is 9.18 Å². The average Bonchev–Trinajstić information content (AvgIpc) is 3.15. The van der Waals surface area contributed by atoms with Crippen LogP contribution in [0.3, 0.4) is 0 Å². The van der Waals surface area contributed by atoms with E-state index in [-0.39, 0.29) is 23.2 Å². The van der Waals surface area contributed by atoms with Crippen molar-refractivity contribution in [1.29, 1.82) is 0 Å². The highest BCUT2D eigenvalue weighted by atomic mass is 19.1. The summed E-state index contributed by atoms with van der Waals surface area (Å²) >= 11 is 0. The molecule has 1 aliphatic carbocycles. The van der Waals surface area contributed by atoms with Crippen LogP contribution in [0.1, 0.15) is 50.5 Å². The second-order valence-electron chi connectivity index (χ2n) is 7.05. The standard InChI is InChI=1S/C18H23FN2O/c19-13-6-5-8-15-16(13)18(9-2-3-10-18)12-21(15)17(22)14-7-1-4-11-20-14/h5-6,8,14,20H,1-4,7,9-12H2. The third-order valence-electron chi connectivity index (χ3n) is 5.71. The maximum absolute atomic E-state index is 14.5. The minimum atomic E-state index is -0.134. The zero-order chi connectivity index (χ0) is 15.2. The minimum Gasteiger partial charge on any atom is -0.310 e. The molecule has 1 aromatic carbocycles. The molecule has 1 unspecified atom stereocenters. The fraction of sp³-hybridized carbons (Fsp3) is 0.611. The van der Waals surface area contributed by atoms with Crippen molar-refractivity contribution in [2.75, 3.05) is 18.0 Å². The van der Waals surface area contributed by atoms with E-state index in [2.05, 4.69) is 5.32 Å². The maximum atomic E-state index is 14.5. The summed E-state index contributed by atoms with van der Waals surface area (Å²) in [4.78, 5) is 14.8. The number of nitrogens with one attached hydrogen (secondary N) is 1. The lowest BCUT2D eigenvalue weighted by Gasteiger charge is -2.29. The number of rotatable bonds is 1. The predicted molar refractivity (Wildman–Crippen MR) is 84.5 cm³/mol. The van der Waals surface area contributed by atoms with Gasteiger partial charge in [-0.15, -0.1) is 0 Å². The lowest BCUT2D eigenvalue weighted by molar-refractivity contribution is -0.121. The van der Waals surface area contributed by atoms with Gasteiger partial charge in [0.15, 0.2) is 0 Å². The zero-order valence-corrected chi connectivity index (χ0v) is 12.9. The second-order valence-corrected chi connectivity index (χ2v) is 7.05. The fourth-order valence-electron chi connectivity index (χ4n) is 4.64. The van der Waals surface area contributed by atoms with Crippen molar-refractivity contribution in [3.8, 4) is 0 Å². The first-order valence-electron chi connectivity index (χ1n) is 8.55. The number of hydrogen-bond donors (Lipinski definition) is 1. The molecule has 118 valence electrons. The number of carbonyl (C=O) groups is 1. The van der Waals surface area contributed by atoms with Crippen LogP contribution < -0.4 is 10.2 Å². The van der Waals surface area contributed by atoms with Crippen molar-refractivity contribution in [3.63, 3.8) is 0 Å². The highest BCUT2D eigenvalue weighted by Gasteiger charge is 2.48. The number of fused-ring (bicyclic) bond motifs is 2. The molecule has 4 heteroatoms. The number of carbonyl (C=O) groups excluding carboxylic acids is 1. The Morgan fingerprint density at radius 2 is 2.05 bits per heavy atom. The van der Waals surface area contributed by atoms with Crippen LogP contribution in [0.2, 0.25) is 0 Å². The summed E-state index contributed by atoms with van der Waals surface area (Å²) in [5, 5.41) is 3.34. The van der Waals surface area contributed by atoms with Crippen molar-refractivity contribution in [2.45, 2.75) is 56.4 Å². The number of amides is 1. The van der Waals surface area contributed by atoms with Gasteiger partial charge in [0.25, 0.3) is 0 Å². The van der Waals surface area contributed by atoms with Gasteiger partial charge in [-0.2, -0.15) is 0 Å². The van der Waals surface area contributed by atoms with Crippen LogP contribution >= 0.6 is 0 Å². The van der Waals surface area contributed by atoms with Crippen LogP contribution in [0.4, 0.5) is 10.1 Å². The summed E-state index contributed by atoms with van der Waals surface area (Å²) in [7, 11) is 0. The predicted octanol–water partition coefficient (Wildman–Crippen LogP) is 3.13. The minimum absolute atomic E-state index is 0.0959. The van der Waals surface area contributed by atoms with Gasteiger partial charge in [-0.25, -0.2) is 4.39 Å². The summed E-state index contributed by atoms with van der Waals surface area (Å²) in [6.07, 6.45) is 7.41. The monoisotopic (exact) mass is 302 g/mol. The van der Waals surface area contributed by atoms with Crippen molar-refractivity contribution in [3.05, 3.63) is 29.6 Å². The fourth-order valence-corrected chi connectivity index (χ4v) is 4.64. The van der Waals surface area contributed by atoms with E-state index in [1.165, 1.54) is 0 Å². The molecule has 1 atom stereocenters. The van der Waals surface area contributed by atoms with Gasteiger partial charge in [-0.05, 0) is 44.4 Å². The van der Waals surface area contributed by atoms with Crippen LogP contribution in [-0.4, -0.2) is 25.0 Å². The van der Waals surface area contributed by atoms with Gasteiger partial charge < -0.3 is 10.2 Å². The van der Waals surface area contributed by atoms with Gasteiger partial charge in [0, 0.05) is 17.5 Å². The second kappa shape index (κ2) is 5.34. The Morgan fingerprint density at radius 3 is 2.77 bits per heavy atom. The Labute approximate surface area is 130 Å². The molecule has 1 saturated heterocycles. The summed E-state index contributed by atoms with van der Waals surface area (Å²) < 4.78 is 14.5.